The van der Waals surface area contributed by atoms with Crippen LogP contribution in [-0.2, 0) is 0 Å². The van der Waals surface area contributed by atoms with E-state index in [0.29, 0.717) is 17.5 Å². The predicted molar refractivity (Wildman–Crippen MR) is 74.7 cm³/mol. The molecule has 0 aromatic heterocycles. The third-order valence-electron chi connectivity index (χ3n) is 3.98. The Kier molecular flexibility index (Phi) is 3.64. The van der Waals surface area contributed by atoms with E-state index >= 15 is 0 Å². The van der Waals surface area contributed by atoms with E-state index in [1.807, 2.05) is 0 Å². The summed E-state index contributed by atoms with van der Waals surface area (Å²) in [6.07, 6.45) is 3.43. The minimum absolute atomic E-state index is 0.0825. The third kappa shape index (κ3) is 2.80. The topological polar surface area (TPSA) is 64.4 Å². The van der Waals surface area contributed by atoms with Gasteiger partial charge >= 0.3 is 0 Å². The van der Waals surface area contributed by atoms with Gasteiger partial charge in [-0.1, -0.05) is 20.3 Å². The highest BCUT2D eigenvalue weighted by molar-refractivity contribution is 5.62. The van der Waals surface area contributed by atoms with E-state index in [1.54, 1.807) is 19.2 Å². The van der Waals surface area contributed by atoms with Gasteiger partial charge in [-0.15, -0.1) is 0 Å². The molecule has 1 aliphatic rings. The van der Waals surface area contributed by atoms with Crippen molar-refractivity contribution in [2.24, 2.45) is 5.41 Å². The van der Waals surface area contributed by atoms with Gasteiger partial charge in [0.25, 0.3) is 5.69 Å². The quantitative estimate of drug-likeness (QED) is 0.666. The first-order chi connectivity index (χ1) is 8.94. The number of hydrogen-bond acceptors (Lipinski definition) is 4. The molecule has 104 valence electrons. The number of nitro groups is 1. The van der Waals surface area contributed by atoms with Crippen LogP contribution in [0.1, 0.15) is 33.1 Å². The van der Waals surface area contributed by atoms with Gasteiger partial charge in [-0.05, 0) is 24.3 Å². The van der Waals surface area contributed by atoms with E-state index in [0.717, 1.165) is 6.42 Å². The van der Waals surface area contributed by atoms with Crippen molar-refractivity contribution in [2.45, 2.75) is 39.2 Å². The van der Waals surface area contributed by atoms with Crippen LogP contribution in [-0.4, -0.2) is 18.1 Å². The normalized spacial score (nSPS) is 21.1. The van der Waals surface area contributed by atoms with E-state index in [2.05, 4.69) is 19.2 Å². The van der Waals surface area contributed by atoms with E-state index in [4.69, 9.17) is 4.74 Å². The SMILES string of the molecule is COc1ccc([N+](=O)[O-])cc1NC1CCCC1(C)C. The predicted octanol–water partition coefficient (Wildman–Crippen LogP) is 3.59. The van der Waals surface area contributed by atoms with E-state index in [1.165, 1.54) is 18.9 Å². The van der Waals surface area contributed by atoms with Crippen molar-refractivity contribution in [1.82, 2.24) is 0 Å². The van der Waals surface area contributed by atoms with Gasteiger partial charge in [-0.25, -0.2) is 0 Å². The molecule has 1 aliphatic carbocycles. The number of nitrogens with zero attached hydrogens (tertiary/aromatic N) is 1. The van der Waals surface area contributed by atoms with Crippen LogP contribution in [0.3, 0.4) is 0 Å². The molecule has 1 saturated carbocycles. The first-order valence-corrected chi connectivity index (χ1v) is 6.53. The Labute approximate surface area is 113 Å². The number of benzene rings is 1. The number of rotatable bonds is 4. The van der Waals surface area contributed by atoms with Gasteiger partial charge < -0.3 is 10.1 Å². The van der Waals surface area contributed by atoms with Gasteiger partial charge in [-0.3, -0.25) is 10.1 Å². The average Bonchev–Trinajstić information content (AvgIpc) is 2.68. The fourth-order valence-electron chi connectivity index (χ4n) is 2.70. The monoisotopic (exact) mass is 264 g/mol. The largest absolute Gasteiger partial charge is 0.495 e. The van der Waals surface area contributed by atoms with Crippen molar-refractivity contribution in [3.8, 4) is 5.75 Å². The molecule has 0 amide bonds. The molecule has 1 atom stereocenters. The number of methoxy groups -OCH3 is 1. The molecule has 1 unspecified atom stereocenters. The van der Waals surface area contributed by atoms with E-state index in [-0.39, 0.29) is 16.0 Å². The summed E-state index contributed by atoms with van der Waals surface area (Å²) in [4.78, 5) is 10.5. The average molecular weight is 264 g/mol. The Morgan fingerprint density at radius 1 is 1.47 bits per heavy atom. The van der Waals surface area contributed by atoms with Crippen LogP contribution in [0.25, 0.3) is 0 Å². The zero-order chi connectivity index (χ0) is 14.0. The maximum Gasteiger partial charge on any atom is 0.271 e. The number of ether oxygens (including phenoxy) is 1. The summed E-state index contributed by atoms with van der Waals surface area (Å²) in [5, 5.41) is 14.3. The Balaban J connectivity index is 2.27. The first-order valence-electron chi connectivity index (χ1n) is 6.53. The molecule has 0 aliphatic heterocycles. The van der Waals surface area contributed by atoms with Crippen LogP contribution in [0.4, 0.5) is 11.4 Å². The van der Waals surface area contributed by atoms with Crippen molar-refractivity contribution in [2.75, 3.05) is 12.4 Å². The lowest BCUT2D eigenvalue weighted by Crippen LogP contribution is -2.30. The third-order valence-corrected chi connectivity index (χ3v) is 3.98. The lowest BCUT2D eigenvalue weighted by Gasteiger charge is -2.29. The van der Waals surface area contributed by atoms with E-state index in [9.17, 15) is 10.1 Å². The minimum Gasteiger partial charge on any atom is -0.495 e. The molecule has 1 aromatic carbocycles. The van der Waals surface area contributed by atoms with Gasteiger partial charge in [0.05, 0.1) is 17.7 Å². The van der Waals surface area contributed by atoms with Gasteiger partial charge in [0.2, 0.25) is 0 Å². The Hall–Kier alpha value is -1.78. The van der Waals surface area contributed by atoms with Gasteiger partial charge in [0.15, 0.2) is 0 Å². The van der Waals surface area contributed by atoms with Crippen molar-refractivity contribution < 1.29 is 9.66 Å². The first kappa shape index (κ1) is 13.6. The van der Waals surface area contributed by atoms with Crippen LogP contribution < -0.4 is 10.1 Å². The summed E-state index contributed by atoms with van der Waals surface area (Å²) >= 11 is 0. The molecule has 5 nitrogen and oxygen atoms in total. The Bertz CT molecular complexity index is 486. The Morgan fingerprint density at radius 3 is 2.74 bits per heavy atom. The summed E-state index contributed by atoms with van der Waals surface area (Å²) in [7, 11) is 1.58. The second-order valence-corrected chi connectivity index (χ2v) is 5.72. The van der Waals surface area contributed by atoms with Crippen LogP contribution in [0.5, 0.6) is 5.75 Å². The van der Waals surface area contributed by atoms with Gasteiger partial charge in [-0.2, -0.15) is 0 Å². The van der Waals surface area contributed by atoms with Crippen LogP contribution in [0.2, 0.25) is 0 Å². The Morgan fingerprint density at radius 2 is 2.21 bits per heavy atom. The zero-order valence-electron chi connectivity index (χ0n) is 11.6. The van der Waals surface area contributed by atoms with Crippen LogP contribution in [0.15, 0.2) is 18.2 Å². The summed E-state index contributed by atoms with van der Waals surface area (Å²) in [6, 6.07) is 4.97. The van der Waals surface area contributed by atoms with Gasteiger partial charge in [0.1, 0.15) is 5.75 Å². The maximum atomic E-state index is 10.9. The molecule has 1 N–H and O–H groups in total. The second kappa shape index (κ2) is 5.07. The van der Waals surface area contributed by atoms with Crippen molar-refractivity contribution in [3.05, 3.63) is 28.3 Å². The molecule has 0 saturated heterocycles. The molecule has 1 fully saturated rings. The molecule has 5 heteroatoms. The summed E-state index contributed by atoms with van der Waals surface area (Å²) in [6.45, 7) is 4.45. The molecule has 2 rings (SSSR count). The van der Waals surface area contributed by atoms with Crippen molar-refractivity contribution in [1.29, 1.82) is 0 Å². The van der Waals surface area contributed by atoms with Crippen LogP contribution in [0, 0.1) is 15.5 Å². The summed E-state index contributed by atoms with van der Waals surface area (Å²) in [5.41, 5.74) is 0.992. The van der Waals surface area contributed by atoms with Crippen LogP contribution >= 0.6 is 0 Å². The molecule has 1 aromatic rings. The van der Waals surface area contributed by atoms with E-state index < -0.39 is 0 Å². The highest BCUT2D eigenvalue weighted by Gasteiger charge is 2.34. The molecular weight excluding hydrogens is 244 g/mol. The highest BCUT2D eigenvalue weighted by Crippen LogP contribution is 2.41. The molecule has 0 spiro atoms. The molecular formula is C14H20N2O3. The lowest BCUT2D eigenvalue weighted by molar-refractivity contribution is -0.384. The number of anilines is 1. The second-order valence-electron chi connectivity index (χ2n) is 5.72. The number of non-ortho nitro benzene ring substituents is 1. The van der Waals surface area contributed by atoms with Gasteiger partial charge in [0, 0.05) is 18.2 Å². The maximum absolute atomic E-state index is 10.9. The number of hydrogen-bond donors (Lipinski definition) is 1. The molecule has 0 bridgehead atoms. The lowest BCUT2D eigenvalue weighted by atomic mass is 9.87. The fraction of sp³-hybridized carbons (Fsp3) is 0.571. The highest BCUT2D eigenvalue weighted by atomic mass is 16.6. The smallest absolute Gasteiger partial charge is 0.271 e. The summed E-state index contributed by atoms with van der Waals surface area (Å²) in [5.74, 6) is 0.647. The molecule has 0 radical (unpaired) electrons. The number of nitrogens with one attached hydrogen (secondary N) is 1. The molecule has 0 heterocycles. The van der Waals surface area contributed by atoms with Crippen molar-refractivity contribution in [3.63, 3.8) is 0 Å². The summed E-state index contributed by atoms with van der Waals surface area (Å²) < 4.78 is 5.27. The minimum atomic E-state index is -0.385. The van der Waals surface area contributed by atoms with Crippen molar-refractivity contribution >= 4 is 11.4 Å². The fourth-order valence-corrected chi connectivity index (χ4v) is 2.70. The molecule has 19 heavy (non-hydrogen) atoms. The zero-order valence-corrected chi connectivity index (χ0v) is 11.6. The standard InChI is InChI=1S/C14H20N2O3/c1-14(2)8-4-5-13(14)15-11-9-10(16(17)18)6-7-12(11)19-3/h6-7,9,13,15H,4-5,8H2,1-3H3. The number of nitro benzene ring substituents is 1.